The Balaban J connectivity index is 1.80. The minimum atomic E-state index is -0.318. The Hall–Kier alpha value is -1.32. The van der Waals surface area contributed by atoms with Crippen LogP contribution in [0.3, 0.4) is 0 Å². The second-order valence-corrected chi connectivity index (χ2v) is 7.42. The molecule has 0 bridgehead atoms. The third kappa shape index (κ3) is 3.30. The minimum Gasteiger partial charge on any atom is -0.378 e. The number of benzene rings is 1. The lowest BCUT2D eigenvalue weighted by atomic mass is 10.2. The fourth-order valence-corrected chi connectivity index (χ4v) is 3.85. The topological polar surface area (TPSA) is 55.6 Å². The standard InChI is InChI=1S/C12H8Br2FN5S/c13-9-4-8(21-12(9)14)5-16-11-3-7(1-2-10(11)15)20-6-17-18-19-20/h1-4,6,16H,5H2. The van der Waals surface area contributed by atoms with Crippen LogP contribution in [0.25, 0.3) is 5.69 Å². The lowest BCUT2D eigenvalue weighted by Gasteiger charge is -2.08. The summed E-state index contributed by atoms with van der Waals surface area (Å²) in [6.07, 6.45) is 1.46. The quantitative estimate of drug-likeness (QED) is 0.676. The molecule has 5 nitrogen and oxygen atoms in total. The van der Waals surface area contributed by atoms with E-state index in [-0.39, 0.29) is 5.82 Å². The molecule has 2 heterocycles. The van der Waals surface area contributed by atoms with E-state index >= 15 is 0 Å². The van der Waals surface area contributed by atoms with E-state index in [1.54, 1.807) is 23.5 Å². The van der Waals surface area contributed by atoms with E-state index in [4.69, 9.17) is 0 Å². The molecule has 21 heavy (non-hydrogen) atoms. The van der Waals surface area contributed by atoms with Gasteiger partial charge < -0.3 is 5.32 Å². The molecule has 2 aromatic heterocycles. The summed E-state index contributed by atoms with van der Waals surface area (Å²) >= 11 is 8.46. The summed E-state index contributed by atoms with van der Waals surface area (Å²) in [6.45, 7) is 0.533. The molecule has 0 radical (unpaired) electrons. The van der Waals surface area contributed by atoms with Gasteiger partial charge in [-0.25, -0.2) is 9.07 Å². The summed E-state index contributed by atoms with van der Waals surface area (Å²) in [5, 5.41) is 14.0. The largest absolute Gasteiger partial charge is 0.378 e. The summed E-state index contributed by atoms with van der Waals surface area (Å²) in [5.74, 6) is -0.318. The van der Waals surface area contributed by atoms with Crippen LogP contribution in [0.4, 0.5) is 10.1 Å². The van der Waals surface area contributed by atoms with Crippen LogP contribution in [-0.4, -0.2) is 20.2 Å². The highest BCUT2D eigenvalue weighted by Crippen LogP contribution is 2.32. The second kappa shape index (κ2) is 6.20. The molecule has 0 aliphatic rings. The van der Waals surface area contributed by atoms with Gasteiger partial charge in [0, 0.05) is 15.9 Å². The third-order valence-electron chi connectivity index (χ3n) is 2.71. The number of rotatable bonds is 4. The first-order valence-corrected chi connectivity index (χ1v) is 8.24. The average Bonchev–Trinajstić information content (AvgIpc) is 3.09. The first-order valence-electron chi connectivity index (χ1n) is 5.84. The van der Waals surface area contributed by atoms with Gasteiger partial charge in [-0.3, -0.25) is 0 Å². The monoisotopic (exact) mass is 431 g/mol. The van der Waals surface area contributed by atoms with E-state index in [1.165, 1.54) is 17.1 Å². The Labute approximate surface area is 140 Å². The lowest BCUT2D eigenvalue weighted by molar-refractivity contribution is 0.629. The van der Waals surface area contributed by atoms with Crippen molar-refractivity contribution in [3.05, 3.63) is 49.5 Å². The zero-order valence-corrected chi connectivity index (χ0v) is 14.4. The molecule has 9 heteroatoms. The number of nitrogens with one attached hydrogen (secondary N) is 1. The molecule has 0 amide bonds. The molecule has 0 fully saturated rings. The molecule has 3 aromatic rings. The Morgan fingerprint density at radius 2 is 2.14 bits per heavy atom. The Morgan fingerprint density at radius 1 is 1.29 bits per heavy atom. The Kier molecular flexibility index (Phi) is 4.32. The van der Waals surface area contributed by atoms with E-state index in [1.807, 2.05) is 6.07 Å². The maximum absolute atomic E-state index is 13.9. The number of tetrazole rings is 1. The van der Waals surface area contributed by atoms with Gasteiger partial charge in [0.15, 0.2) is 0 Å². The van der Waals surface area contributed by atoms with E-state index < -0.39 is 0 Å². The van der Waals surface area contributed by atoms with Gasteiger partial charge in [0.05, 0.1) is 15.2 Å². The summed E-state index contributed by atoms with van der Waals surface area (Å²) in [7, 11) is 0. The van der Waals surface area contributed by atoms with Gasteiger partial charge in [-0.1, -0.05) is 0 Å². The average molecular weight is 433 g/mol. The van der Waals surface area contributed by atoms with Crippen LogP contribution >= 0.6 is 43.2 Å². The van der Waals surface area contributed by atoms with Crippen molar-refractivity contribution in [2.24, 2.45) is 0 Å². The second-order valence-electron chi connectivity index (χ2n) is 4.11. The van der Waals surface area contributed by atoms with Gasteiger partial charge in [-0.05, 0) is 66.6 Å². The zero-order chi connectivity index (χ0) is 14.8. The van der Waals surface area contributed by atoms with Crippen LogP contribution in [0, 0.1) is 5.82 Å². The molecule has 0 atom stereocenters. The molecule has 0 saturated carbocycles. The fourth-order valence-electron chi connectivity index (χ4n) is 1.73. The Bertz CT molecular complexity index is 740. The van der Waals surface area contributed by atoms with Gasteiger partial charge in [0.25, 0.3) is 0 Å². The van der Waals surface area contributed by atoms with Crippen LogP contribution in [0.1, 0.15) is 4.88 Å². The highest BCUT2D eigenvalue weighted by Gasteiger charge is 2.08. The number of hydrogen-bond donors (Lipinski definition) is 1. The number of hydrogen-bond acceptors (Lipinski definition) is 5. The molecule has 108 valence electrons. The maximum Gasteiger partial charge on any atom is 0.146 e. The van der Waals surface area contributed by atoms with Crippen molar-refractivity contribution in [2.45, 2.75) is 6.54 Å². The van der Waals surface area contributed by atoms with Crippen molar-refractivity contribution in [1.82, 2.24) is 20.2 Å². The molecule has 0 spiro atoms. The van der Waals surface area contributed by atoms with Gasteiger partial charge in [0.2, 0.25) is 0 Å². The highest BCUT2D eigenvalue weighted by atomic mass is 79.9. The van der Waals surface area contributed by atoms with Crippen molar-refractivity contribution in [2.75, 3.05) is 5.32 Å². The molecule has 0 saturated heterocycles. The van der Waals surface area contributed by atoms with Crippen LogP contribution in [0.2, 0.25) is 0 Å². The summed E-state index contributed by atoms with van der Waals surface area (Å²) in [5.41, 5.74) is 1.10. The van der Waals surface area contributed by atoms with Gasteiger partial charge in [-0.2, -0.15) is 0 Å². The van der Waals surface area contributed by atoms with Crippen molar-refractivity contribution < 1.29 is 4.39 Å². The van der Waals surface area contributed by atoms with Gasteiger partial charge in [0.1, 0.15) is 12.1 Å². The molecule has 3 rings (SSSR count). The third-order valence-corrected chi connectivity index (χ3v) is 5.97. The van der Waals surface area contributed by atoms with Gasteiger partial charge >= 0.3 is 0 Å². The number of anilines is 1. The lowest BCUT2D eigenvalue weighted by Crippen LogP contribution is -2.02. The first-order chi connectivity index (χ1) is 10.1. The van der Waals surface area contributed by atoms with Crippen molar-refractivity contribution in [3.63, 3.8) is 0 Å². The minimum absolute atomic E-state index is 0.318. The number of nitrogens with zero attached hydrogens (tertiary/aromatic N) is 4. The van der Waals surface area contributed by atoms with E-state index in [2.05, 4.69) is 52.7 Å². The van der Waals surface area contributed by atoms with Crippen LogP contribution in [0.5, 0.6) is 0 Å². The summed E-state index contributed by atoms with van der Waals surface area (Å²) in [4.78, 5) is 1.08. The Morgan fingerprint density at radius 3 is 2.81 bits per heavy atom. The molecule has 1 N–H and O–H groups in total. The molecule has 0 aliphatic carbocycles. The van der Waals surface area contributed by atoms with Crippen molar-refractivity contribution >= 4 is 48.9 Å². The van der Waals surface area contributed by atoms with E-state index in [0.29, 0.717) is 17.9 Å². The summed E-state index contributed by atoms with van der Waals surface area (Å²) < 4.78 is 17.3. The van der Waals surface area contributed by atoms with Gasteiger partial charge in [-0.15, -0.1) is 16.4 Å². The predicted octanol–water partition coefficient (Wildman–Crippen LogP) is 4.00. The van der Waals surface area contributed by atoms with Crippen LogP contribution in [0.15, 0.2) is 38.9 Å². The molecule has 1 aromatic carbocycles. The number of aromatic nitrogens is 4. The normalized spacial score (nSPS) is 10.8. The molecular weight excluding hydrogens is 425 g/mol. The van der Waals surface area contributed by atoms with Crippen molar-refractivity contribution in [3.8, 4) is 5.69 Å². The van der Waals surface area contributed by atoms with E-state index in [0.717, 1.165) is 13.1 Å². The van der Waals surface area contributed by atoms with Crippen LogP contribution in [-0.2, 0) is 6.54 Å². The first kappa shape index (κ1) is 14.6. The fraction of sp³-hybridized carbons (Fsp3) is 0.0833. The zero-order valence-electron chi connectivity index (χ0n) is 10.4. The highest BCUT2D eigenvalue weighted by molar-refractivity contribution is 9.13. The summed E-state index contributed by atoms with van der Waals surface area (Å²) in [6, 6.07) is 6.67. The smallest absolute Gasteiger partial charge is 0.146 e. The number of thiophene rings is 1. The SMILES string of the molecule is Fc1ccc(-n2cnnn2)cc1NCc1cc(Br)c(Br)s1. The number of halogens is 3. The predicted molar refractivity (Wildman–Crippen MR) is 86.2 cm³/mol. The molecule has 0 unspecified atom stereocenters. The molecule has 0 aliphatic heterocycles. The molecular formula is C12H8Br2FN5S. The van der Waals surface area contributed by atoms with Crippen molar-refractivity contribution in [1.29, 1.82) is 0 Å². The van der Waals surface area contributed by atoms with E-state index in [9.17, 15) is 4.39 Å². The maximum atomic E-state index is 13.9. The van der Waals surface area contributed by atoms with Crippen LogP contribution < -0.4 is 5.32 Å².